The van der Waals surface area contributed by atoms with E-state index in [1.54, 1.807) is 24.5 Å². The number of phenolic OH excluding ortho intramolecular Hbond substituents is 1. The fraction of sp³-hybridized carbons (Fsp3) is 0.353. The molecule has 2 N–H and O–H groups in total. The Labute approximate surface area is 260 Å². The molecule has 2 aliphatic heterocycles. The van der Waals surface area contributed by atoms with Crippen LogP contribution in [-0.4, -0.2) is 91.4 Å². The van der Waals surface area contributed by atoms with E-state index in [0.29, 0.717) is 62.7 Å². The van der Waals surface area contributed by atoms with E-state index in [-0.39, 0.29) is 11.3 Å². The summed E-state index contributed by atoms with van der Waals surface area (Å²) in [4.78, 5) is 29.2. The molecule has 0 saturated carbocycles. The number of hydrogen-bond acceptors (Lipinski definition) is 9. The average Bonchev–Trinajstić information content (AvgIpc) is 3.67. The first-order valence-electron chi connectivity index (χ1n) is 14.9. The van der Waals surface area contributed by atoms with Crippen molar-refractivity contribution in [2.24, 2.45) is 0 Å². The highest BCUT2D eigenvalue weighted by Gasteiger charge is 2.30. The van der Waals surface area contributed by atoms with Gasteiger partial charge in [-0.15, -0.1) is 11.3 Å². The Morgan fingerprint density at radius 2 is 1.86 bits per heavy atom. The molecule has 2 aliphatic rings. The largest absolute Gasteiger partial charge is 0.507 e. The highest BCUT2D eigenvalue weighted by Crippen LogP contribution is 2.51. The Balaban J connectivity index is 1.35. The number of carboxylic acids is 1. The summed E-state index contributed by atoms with van der Waals surface area (Å²) < 4.78 is 18.6. The summed E-state index contributed by atoms with van der Waals surface area (Å²) in [6, 6.07) is 17.0. The first-order chi connectivity index (χ1) is 21.5. The molecule has 2 fully saturated rings. The van der Waals surface area contributed by atoms with E-state index in [1.807, 2.05) is 47.4 Å². The fourth-order valence-corrected chi connectivity index (χ4v) is 7.51. The van der Waals surface area contributed by atoms with Crippen LogP contribution in [0.3, 0.4) is 0 Å². The Morgan fingerprint density at radius 3 is 2.59 bits per heavy atom. The lowest BCUT2D eigenvalue weighted by Gasteiger charge is -2.28. The summed E-state index contributed by atoms with van der Waals surface area (Å²) in [6.07, 6.45) is 2.26. The summed E-state index contributed by atoms with van der Waals surface area (Å²) in [6.45, 7) is 5.11. The Kier molecular flexibility index (Phi) is 9.13. The number of methoxy groups -OCH3 is 1. The number of ether oxygens (including phenoxy) is 3. The molecule has 0 aliphatic carbocycles. The van der Waals surface area contributed by atoms with Gasteiger partial charge in [0, 0.05) is 57.8 Å². The van der Waals surface area contributed by atoms with Crippen molar-refractivity contribution in [2.45, 2.75) is 25.4 Å². The minimum absolute atomic E-state index is 0.0767. The van der Waals surface area contributed by atoms with Gasteiger partial charge >= 0.3 is 5.97 Å². The number of aromatic hydroxyl groups is 1. The van der Waals surface area contributed by atoms with Crippen LogP contribution in [0.1, 0.15) is 28.8 Å². The van der Waals surface area contributed by atoms with Gasteiger partial charge in [-0.05, 0) is 61.3 Å². The van der Waals surface area contributed by atoms with Crippen LogP contribution in [0.15, 0.2) is 54.6 Å². The molecule has 0 amide bonds. The number of rotatable bonds is 11. The number of carboxylic acid groups (broad SMARTS) is 1. The number of carbonyl (C=O) groups is 2. The van der Waals surface area contributed by atoms with Crippen molar-refractivity contribution in [3.8, 4) is 38.8 Å². The number of morpholine rings is 1. The maximum Gasteiger partial charge on any atom is 0.320 e. The maximum absolute atomic E-state index is 12.5. The van der Waals surface area contributed by atoms with Crippen LogP contribution in [0, 0.1) is 0 Å². The van der Waals surface area contributed by atoms with Crippen molar-refractivity contribution in [3.63, 3.8) is 0 Å². The number of likely N-dealkylation sites (tertiary alicyclic amines) is 1. The molecule has 2 saturated heterocycles. The van der Waals surface area contributed by atoms with E-state index >= 15 is 0 Å². The molecule has 6 rings (SSSR count). The standard InChI is InChI=1S/C34H36N2O7S/c1-41-32-23(20-35-13-16-42-17-14-35)19-28(38)26(21-37)30(32)31-25-5-2-3-7-29(25)44-33(31)22-8-10-24(11-9-22)43-18-15-36-12-4-6-27(36)34(39)40/h2-3,5,7-11,19,21,27,38H,4,6,12-18,20H2,1H3,(H,39,40). The Bertz CT molecular complexity index is 1650. The molecule has 0 spiro atoms. The van der Waals surface area contributed by atoms with Gasteiger partial charge in [0.2, 0.25) is 0 Å². The molecule has 4 aromatic rings. The lowest BCUT2D eigenvalue weighted by atomic mass is 9.91. The van der Waals surface area contributed by atoms with Gasteiger partial charge < -0.3 is 24.4 Å². The highest BCUT2D eigenvalue weighted by molar-refractivity contribution is 7.23. The summed E-state index contributed by atoms with van der Waals surface area (Å²) in [5.74, 6) is 0.411. The van der Waals surface area contributed by atoms with Gasteiger partial charge in [0.05, 0.1) is 25.9 Å². The Hall–Kier alpha value is -3.96. The summed E-state index contributed by atoms with van der Waals surface area (Å²) >= 11 is 1.62. The predicted octanol–water partition coefficient (Wildman–Crippen LogP) is 5.52. The maximum atomic E-state index is 12.5. The molecule has 10 heteroatoms. The molecule has 44 heavy (non-hydrogen) atoms. The summed E-state index contributed by atoms with van der Waals surface area (Å²) in [7, 11) is 1.61. The fourth-order valence-electron chi connectivity index (χ4n) is 6.29. The number of aldehydes is 1. The van der Waals surface area contributed by atoms with Crippen LogP contribution in [0.2, 0.25) is 0 Å². The van der Waals surface area contributed by atoms with Crippen LogP contribution in [0.25, 0.3) is 31.7 Å². The third-order valence-corrected chi connectivity index (χ3v) is 9.67. The predicted molar refractivity (Wildman–Crippen MR) is 170 cm³/mol. The number of fused-ring (bicyclic) bond motifs is 1. The van der Waals surface area contributed by atoms with E-state index < -0.39 is 12.0 Å². The van der Waals surface area contributed by atoms with Gasteiger partial charge in [-0.1, -0.05) is 18.2 Å². The van der Waals surface area contributed by atoms with Gasteiger partial charge in [-0.3, -0.25) is 19.4 Å². The van der Waals surface area contributed by atoms with Crippen molar-refractivity contribution < 1.29 is 34.0 Å². The number of benzene rings is 3. The van der Waals surface area contributed by atoms with Gasteiger partial charge in [-0.25, -0.2) is 0 Å². The number of carbonyl (C=O) groups excluding carboxylic acids is 1. The number of nitrogens with zero attached hydrogens (tertiary/aromatic N) is 2. The quantitative estimate of drug-likeness (QED) is 0.211. The van der Waals surface area contributed by atoms with Crippen LogP contribution in [0.4, 0.5) is 0 Å². The number of thiophene rings is 1. The van der Waals surface area contributed by atoms with E-state index in [9.17, 15) is 19.8 Å². The van der Waals surface area contributed by atoms with Crippen LogP contribution in [-0.2, 0) is 16.1 Å². The summed E-state index contributed by atoms with van der Waals surface area (Å²) in [5.41, 5.74) is 3.36. The molecule has 1 unspecified atom stereocenters. The molecule has 1 atom stereocenters. The first-order valence-corrected chi connectivity index (χ1v) is 15.7. The molecular weight excluding hydrogens is 580 g/mol. The third kappa shape index (κ3) is 6.03. The minimum atomic E-state index is -0.777. The molecule has 0 radical (unpaired) electrons. The monoisotopic (exact) mass is 616 g/mol. The van der Waals surface area contributed by atoms with E-state index in [2.05, 4.69) is 11.0 Å². The minimum Gasteiger partial charge on any atom is -0.507 e. The zero-order valence-corrected chi connectivity index (χ0v) is 25.5. The second-order valence-electron chi connectivity index (χ2n) is 11.1. The number of phenols is 1. The van der Waals surface area contributed by atoms with Gasteiger partial charge in [0.1, 0.15) is 29.9 Å². The second-order valence-corrected chi connectivity index (χ2v) is 12.1. The smallest absolute Gasteiger partial charge is 0.320 e. The zero-order valence-electron chi connectivity index (χ0n) is 24.7. The van der Waals surface area contributed by atoms with Crippen molar-refractivity contribution in [1.82, 2.24) is 9.80 Å². The highest BCUT2D eigenvalue weighted by atomic mass is 32.1. The lowest BCUT2D eigenvalue weighted by molar-refractivity contribution is -0.142. The van der Waals surface area contributed by atoms with E-state index in [4.69, 9.17) is 14.2 Å². The van der Waals surface area contributed by atoms with Crippen molar-refractivity contribution >= 4 is 33.7 Å². The van der Waals surface area contributed by atoms with Crippen molar-refractivity contribution in [3.05, 3.63) is 65.7 Å². The lowest BCUT2D eigenvalue weighted by Crippen LogP contribution is -2.38. The third-order valence-electron chi connectivity index (χ3n) is 8.45. The van der Waals surface area contributed by atoms with E-state index in [1.165, 1.54) is 0 Å². The molecule has 3 heterocycles. The number of hydrogen-bond donors (Lipinski definition) is 2. The van der Waals surface area contributed by atoms with Crippen LogP contribution < -0.4 is 9.47 Å². The van der Waals surface area contributed by atoms with Crippen LogP contribution in [0.5, 0.6) is 17.2 Å². The summed E-state index contributed by atoms with van der Waals surface area (Å²) in [5, 5.41) is 21.5. The van der Waals surface area contributed by atoms with Gasteiger partial charge in [-0.2, -0.15) is 0 Å². The topological polar surface area (TPSA) is 109 Å². The number of aliphatic carboxylic acids is 1. The Morgan fingerprint density at radius 1 is 1.09 bits per heavy atom. The average molecular weight is 617 g/mol. The SMILES string of the molecule is COc1c(CN2CCOCC2)cc(O)c(C=O)c1-c1c(-c2ccc(OCCN3CCCC3C(=O)O)cc2)sc2ccccc12. The van der Waals surface area contributed by atoms with E-state index in [0.717, 1.165) is 57.7 Å². The molecule has 0 bridgehead atoms. The second kappa shape index (κ2) is 13.4. The van der Waals surface area contributed by atoms with Gasteiger partial charge in [0.15, 0.2) is 6.29 Å². The zero-order chi connectivity index (χ0) is 30.6. The molecule has 9 nitrogen and oxygen atoms in total. The molecule has 3 aromatic carbocycles. The molecule has 1 aromatic heterocycles. The van der Waals surface area contributed by atoms with Gasteiger partial charge in [0.25, 0.3) is 0 Å². The first kappa shape index (κ1) is 30.1. The molecular formula is C34H36N2O7S. The van der Waals surface area contributed by atoms with Crippen molar-refractivity contribution in [1.29, 1.82) is 0 Å². The van der Waals surface area contributed by atoms with Crippen LogP contribution >= 0.6 is 11.3 Å². The van der Waals surface area contributed by atoms with Crippen molar-refractivity contribution in [2.75, 3.05) is 53.1 Å². The normalized spacial score (nSPS) is 17.6. The molecule has 230 valence electrons.